The van der Waals surface area contributed by atoms with Crippen molar-refractivity contribution in [2.24, 2.45) is 0 Å². The molecule has 0 radical (unpaired) electrons. The maximum absolute atomic E-state index is 12.2. The highest BCUT2D eigenvalue weighted by molar-refractivity contribution is 6.02. The van der Waals surface area contributed by atoms with Crippen LogP contribution in [0.25, 0.3) is 0 Å². The number of halogens is 3. The van der Waals surface area contributed by atoms with Crippen molar-refractivity contribution in [3.05, 3.63) is 17.7 Å². The number of aromatic nitrogens is 1. The molecule has 0 aromatic carbocycles. The van der Waals surface area contributed by atoms with E-state index in [1.165, 1.54) is 7.11 Å². The fourth-order valence-electron chi connectivity index (χ4n) is 1.02. The van der Waals surface area contributed by atoms with E-state index in [4.69, 9.17) is 4.74 Å². The zero-order valence-electron chi connectivity index (χ0n) is 8.46. The van der Waals surface area contributed by atoms with Gasteiger partial charge in [0.25, 0.3) is 5.78 Å². The second-order valence-corrected chi connectivity index (χ2v) is 2.74. The predicted octanol–water partition coefficient (Wildman–Crippen LogP) is 1.84. The molecule has 0 amide bonds. The fourth-order valence-corrected chi connectivity index (χ4v) is 1.02. The van der Waals surface area contributed by atoms with Crippen molar-refractivity contribution in [3.63, 3.8) is 0 Å². The molecule has 1 heterocycles. The third-order valence-corrected chi connectivity index (χ3v) is 1.74. The van der Waals surface area contributed by atoms with Crippen LogP contribution in [0.15, 0.2) is 12.1 Å². The molecule has 0 N–H and O–H groups in total. The lowest BCUT2D eigenvalue weighted by atomic mass is 10.2. The highest BCUT2D eigenvalue weighted by atomic mass is 19.4. The second kappa shape index (κ2) is 4.38. The van der Waals surface area contributed by atoms with E-state index in [1.54, 1.807) is 0 Å². The van der Waals surface area contributed by atoms with Crippen molar-refractivity contribution in [1.82, 2.24) is 4.98 Å². The summed E-state index contributed by atoms with van der Waals surface area (Å²) in [4.78, 5) is 14.5. The molecule has 16 heavy (non-hydrogen) atoms. The average Bonchev–Trinajstić information content (AvgIpc) is 2.26. The summed E-state index contributed by atoms with van der Waals surface area (Å²) in [7, 11) is 2.42. The molecule has 0 bridgehead atoms. The zero-order valence-corrected chi connectivity index (χ0v) is 8.46. The predicted molar refractivity (Wildman–Crippen MR) is 47.7 cm³/mol. The molecule has 0 atom stereocenters. The molecule has 0 aliphatic heterocycles. The van der Waals surface area contributed by atoms with Gasteiger partial charge in [0.05, 0.1) is 19.8 Å². The molecule has 4 nitrogen and oxygen atoms in total. The van der Waals surface area contributed by atoms with Gasteiger partial charge in [0, 0.05) is 6.07 Å². The Labute approximate surface area is 89.0 Å². The van der Waals surface area contributed by atoms with Crippen molar-refractivity contribution in [2.45, 2.75) is 6.18 Å². The first-order valence-electron chi connectivity index (χ1n) is 4.10. The van der Waals surface area contributed by atoms with Gasteiger partial charge in [0.1, 0.15) is 0 Å². The normalized spacial score (nSPS) is 11.1. The van der Waals surface area contributed by atoms with Gasteiger partial charge in [-0.3, -0.25) is 4.79 Å². The van der Waals surface area contributed by atoms with Gasteiger partial charge in [-0.05, 0) is 6.07 Å². The van der Waals surface area contributed by atoms with Gasteiger partial charge >= 0.3 is 6.18 Å². The summed E-state index contributed by atoms with van der Waals surface area (Å²) in [6.07, 6.45) is -4.95. The van der Waals surface area contributed by atoms with Crippen molar-refractivity contribution in [1.29, 1.82) is 0 Å². The molecule has 1 rings (SSSR count). The van der Waals surface area contributed by atoms with E-state index in [1.807, 2.05) is 0 Å². The number of Topliss-reactive ketones (excluding diaryl/α,β-unsaturated/α-hetero) is 1. The van der Waals surface area contributed by atoms with Crippen LogP contribution in [0.4, 0.5) is 13.2 Å². The molecule has 0 unspecified atom stereocenters. The van der Waals surface area contributed by atoms with E-state index < -0.39 is 23.4 Å². The number of methoxy groups -OCH3 is 2. The Balaban J connectivity index is 3.19. The van der Waals surface area contributed by atoms with E-state index in [0.717, 1.165) is 19.2 Å². The van der Waals surface area contributed by atoms with Crippen LogP contribution < -0.4 is 9.47 Å². The summed E-state index contributed by atoms with van der Waals surface area (Å²) in [5.41, 5.74) is -0.643. The first-order chi connectivity index (χ1) is 7.40. The molecular formula is C9H8F3NO3. The van der Waals surface area contributed by atoms with Crippen molar-refractivity contribution < 1.29 is 27.4 Å². The Hall–Kier alpha value is -1.79. The van der Waals surface area contributed by atoms with Crippen LogP contribution >= 0.6 is 0 Å². The number of carbonyl (C=O) groups is 1. The number of ketones is 1. The number of hydrogen-bond donors (Lipinski definition) is 0. The highest BCUT2D eigenvalue weighted by Crippen LogP contribution is 2.27. The number of hydrogen-bond acceptors (Lipinski definition) is 4. The molecule has 88 valence electrons. The van der Waals surface area contributed by atoms with E-state index in [-0.39, 0.29) is 5.88 Å². The summed E-state index contributed by atoms with van der Waals surface area (Å²) >= 11 is 0. The van der Waals surface area contributed by atoms with Crippen LogP contribution in [-0.2, 0) is 0 Å². The molecule has 1 aromatic rings. The Morgan fingerprint density at radius 3 is 2.31 bits per heavy atom. The summed E-state index contributed by atoms with van der Waals surface area (Å²) in [5.74, 6) is -2.35. The standard InChI is InChI=1S/C9H8F3NO3/c1-15-6-4-3-5(8(13-6)16-2)7(14)9(10,11)12/h3-4H,1-2H3. The smallest absolute Gasteiger partial charge is 0.455 e. The molecule has 7 heteroatoms. The van der Waals surface area contributed by atoms with Gasteiger partial charge in [-0.2, -0.15) is 18.2 Å². The van der Waals surface area contributed by atoms with E-state index in [9.17, 15) is 18.0 Å². The first kappa shape index (κ1) is 12.3. The molecular weight excluding hydrogens is 227 g/mol. The molecule has 0 saturated heterocycles. The first-order valence-corrected chi connectivity index (χ1v) is 4.10. The van der Waals surface area contributed by atoms with Gasteiger partial charge in [0.2, 0.25) is 11.8 Å². The molecule has 1 aromatic heterocycles. The minimum atomic E-state index is -4.95. The number of alkyl halides is 3. The third-order valence-electron chi connectivity index (χ3n) is 1.74. The van der Waals surface area contributed by atoms with E-state index >= 15 is 0 Å². The Morgan fingerprint density at radius 1 is 1.25 bits per heavy atom. The number of ether oxygens (including phenoxy) is 2. The SMILES string of the molecule is COc1ccc(C(=O)C(F)(F)F)c(OC)n1. The number of rotatable bonds is 3. The fraction of sp³-hybridized carbons (Fsp3) is 0.333. The quantitative estimate of drug-likeness (QED) is 0.750. The van der Waals surface area contributed by atoms with Gasteiger partial charge in [0.15, 0.2) is 0 Å². The monoisotopic (exact) mass is 235 g/mol. The van der Waals surface area contributed by atoms with Gasteiger partial charge < -0.3 is 9.47 Å². The lowest BCUT2D eigenvalue weighted by Crippen LogP contribution is -2.23. The van der Waals surface area contributed by atoms with Crippen LogP contribution in [0.1, 0.15) is 10.4 Å². The number of carbonyl (C=O) groups excluding carboxylic acids is 1. The number of nitrogens with zero attached hydrogens (tertiary/aromatic N) is 1. The summed E-state index contributed by atoms with van der Waals surface area (Å²) < 4.78 is 45.8. The molecule has 0 fully saturated rings. The Kier molecular flexibility index (Phi) is 3.36. The van der Waals surface area contributed by atoms with Gasteiger partial charge in [-0.25, -0.2) is 0 Å². The minimum absolute atomic E-state index is 0.0653. The molecule has 0 aliphatic rings. The Morgan fingerprint density at radius 2 is 1.88 bits per heavy atom. The summed E-state index contributed by atoms with van der Waals surface area (Å²) in [6, 6.07) is 2.11. The molecule has 0 aliphatic carbocycles. The average molecular weight is 235 g/mol. The summed E-state index contributed by atoms with van der Waals surface area (Å²) in [6.45, 7) is 0. The van der Waals surface area contributed by atoms with Crippen LogP contribution in [0.3, 0.4) is 0 Å². The largest absolute Gasteiger partial charge is 0.481 e. The van der Waals surface area contributed by atoms with Crippen molar-refractivity contribution >= 4 is 5.78 Å². The second-order valence-electron chi connectivity index (χ2n) is 2.74. The van der Waals surface area contributed by atoms with Crippen LogP contribution in [0, 0.1) is 0 Å². The van der Waals surface area contributed by atoms with Crippen molar-refractivity contribution in [2.75, 3.05) is 14.2 Å². The van der Waals surface area contributed by atoms with E-state index in [0.29, 0.717) is 0 Å². The summed E-state index contributed by atoms with van der Waals surface area (Å²) in [5, 5.41) is 0. The van der Waals surface area contributed by atoms with Crippen LogP contribution in [0.5, 0.6) is 11.8 Å². The molecule has 0 spiro atoms. The molecule has 0 saturated carbocycles. The highest BCUT2D eigenvalue weighted by Gasteiger charge is 2.41. The van der Waals surface area contributed by atoms with Crippen molar-refractivity contribution in [3.8, 4) is 11.8 Å². The van der Waals surface area contributed by atoms with Crippen LogP contribution in [0.2, 0.25) is 0 Å². The van der Waals surface area contributed by atoms with Crippen LogP contribution in [-0.4, -0.2) is 31.2 Å². The minimum Gasteiger partial charge on any atom is -0.481 e. The number of pyridine rings is 1. The van der Waals surface area contributed by atoms with Gasteiger partial charge in [-0.1, -0.05) is 0 Å². The lowest BCUT2D eigenvalue weighted by molar-refractivity contribution is -0.0886. The maximum Gasteiger partial charge on any atom is 0.455 e. The van der Waals surface area contributed by atoms with E-state index in [2.05, 4.69) is 9.72 Å². The van der Waals surface area contributed by atoms with Gasteiger partial charge in [-0.15, -0.1) is 0 Å². The lowest BCUT2D eigenvalue weighted by Gasteiger charge is -2.09. The maximum atomic E-state index is 12.2. The third kappa shape index (κ3) is 2.41. The zero-order chi connectivity index (χ0) is 12.3. The topological polar surface area (TPSA) is 48.4 Å². The Bertz CT molecular complexity index is 403.